The van der Waals surface area contributed by atoms with E-state index in [1.807, 2.05) is 0 Å². The van der Waals surface area contributed by atoms with Gasteiger partial charge in [-0.15, -0.1) is 0 Å². The molecule has 0 saturated heterocycles. The van der Waals surface area contributed by atoms with Crippen LogP contribution in [0.25, 0.3) is 0 Å². The van der Waals surface area contributed by atoms with E-state index < -0.39 is 18.5 Å². The van der Waals surface area contributed by atoms with Crippen molar-refractivity contribution in [2.24, 2.45) is 0 Å². The maximum atomic E-state index is 12.1. The lowest BCUT2D eigenvalue weighted by Gasteiger charge is -2.12. The minimum Gasteiger partial charge on any atom is -0.491 e. The second-order valence-electron chi connectivity index (χ2n) is 4.04. The number of ether oxygens (including phenoxy) is 2. The topological polar surface area (TPSA) is 55.8 Å². The normalized spacial score (nSPS) is 12.0. The van der Waals surface area contributed by atoms with Crippen LogP contribution in [0.5, 0.6) is 5.75 Å². The lowest BCUT2D eigenvalue weighted by molar-refractivity contribution is -0.141. The van der Waals surface area contributed by atoms with Gasteiger partial charge < -0.3 is 14.6 Å². The number of carbonyl (C=O) groups excluding carboxylic acids is 1. The monoisotopic (exact) mass is 286 g/mol. The summed E-state index contributed by atoms with van der Waals surface area (Å²) in [6, 6.07) is 6.15. The molecule has 1 atom stereocenters. The number of benzene rings is 1. The molecule has 0 aromatic heterocycles. The average Bonchev–Trinajstić information content (AvgIpc) is 2.43. The highest BCUT2D eigenvalue weighted by atomic mass is 19.3. The van der Waals surface area contributed by atoms with Gasteiger partial charge in [0.25, 0.3) is 0 Å². The molecular formula is C14H16F2O4. The smallest absolute Gasteiger partial charge is 0.330 e. The molecule has 1 unspecified atom stereocenters. The SMILES string of the molecule is C=CC(=O)OCC(O)COc1ccc(CC(F)F)cc1. The molecule has 0 aliphatic heterocycles. The maximum Gasteiger partial charge on any atom is 0.330 e. The van der Waals surface area contributed by atoms with Crippen molar-refractivity contribution < 1.29 is 28.2 Å². The molecule has 0 saturated carbocycles. The van der Waals surface area contributed by atoms with Crippen molar-refractivity contribution in [2.45, 2.75) is 19.0 Å². The third-order valence-electron chi connectivity index (χ3n) is 2.34. The number of alkyl halides is 2. The fourth-order valence-corrected chi connectivity index (χ4v) is 1.38. The third kappa shape index (κ3) is 6.29. The van der Waals surface area contributed by atoms with Crippen molar-refractivity contribution in [1.29, 1.82) is 0 Å². The Hall–Kier alpha value is -1.95. The van der Waals surface area contributed by atoms with Gasteiger partial charge in [0, 0.05) is 12.5 Å². The lowest BCUT2D eigenvalue weighted by Crippen LogP contribution is -2.24. The number of rotatable bonds is 8. The van der Waals surface area contributed by atoms with Crippen molar-refractivity contribution in [3.63, 3.8) is 0 Å². The largest absolute Gasteiger partial charge is 0.491 e. The van der Waals surface area contributed by atoms with Gasteiger partial charge in [-0.2, -0.15) is 0 Å². The van der Waals surface area contributed by atoms with Crippen LogP contribution in [0.3, 0.4) is 0 Å². The molecule has 20 heavy (non-hydrogen) atoms. The van der Waals surface area contributed by atoms with Crippen LogP contribution >= 0.6 is 0 Å². The molecule has 0 aliphatic rings. The Morgan fingerprint density at radius 1 is 1.30 bits per heavy atom. The molecule has 1 N–H and O–H groups in total. The van der Waals surface area contributed by atoms with Crippen LogP contribution in [0, 0.1) is 0 Å². The van der Waals surface area contributed by atoms with E-state index in [0.717, 1.165) is 6.08 Å². The number of esters is 1. The van der Waals surface area contributed by atoms with Crippen LogP contribution in [0.2, 0.25) is 0 Å². The average molecular weight is 286 g/mol. The van der Waals surface area contributed by atoms with Crippen molar-refractivity contribution >= 4 is 5.97 Å². The molecule has 0 heterocycles. The first-order chi connectivity index (χ1) is 9.51. The molecule has 0 fully saturated rings. The van der Waals surface area contributed by atoms with Crippen LogP contribution in [-0.2, 0) is 16.0 Å². The Balaban J connectivity index is 2.34. The molecule has 0 spiro atoms. The maximum absolute atomic E-state index is 12.1. The van der Waals surface area contributed by atoms with Gasteiger partial charge >= 0.3 is 5.97 Å². The van der Waals surface area contributed by atoms with Crippen LogP contribution in [0.15, 0.2) is 36.9 Å². The van der Waals surface area contributed by atoms with Crippen LogP contribution in [0.4, 0.5) is 8.78 Å². The van der Waals surface area contributed by atoms with Crippen LogP contribution < -0.4 is 4.74 Å². The minimum absolute atomic E-state index is 0.0708. The molecule has 0 aliphatic carbocycles. The predicted molar refractivity (Wildman–Crippen MR) is 68.8 cm³/mol. The highest BCUT2D eigenvalue weighted by Gasteiger charge is 2.08. The van der Waals surface area contributed by atoms with Crippen molar-refractivity contribution in [3.8, 4) is 5.75 Å². The summed E-state index contributed by atoms with van der Waals surface area (Å²) in [6.07, 6.45) is -2.67. The zero-order valence-corrected chi connectivity index (χ0v) is 10.8. The summed E-state index contributed by atoms with van der Waals surface area (Å²) in [5.74, 6) is -0.183. The van der Waals surface area contributed by atoms with E-state index in [0.29, 0.717) is 11.3 Å². The lowest BCUT2D eigenvalue weighted by atomic mass is 10.1. The Morgan fingerprint density at radius 3 is 2.50 bits per heavy atom. The van der Waals surface area contributed by atoms with E-state index in [1.165, 1.54) is 12.1 Å². The Bertz CT molecular complexity index is 431. The molecule has 0 amide bonds. The fraction of sp³-hybridized carbons (Fsp3) is 0.357. The van der Waals surface area contributed by atoms with Crippen molar-refractivity contribution in [2.75, 3.05) is 13.2 Å². The fourth-order valence-electron chi connectivity index (χ4n) is 1.38. The van der Waals surface area contributed by atoms with Crippen molar-refractivity contribution in [1.82, 2.24) is 0 Å². The number of hydrogen-bond acceptors (Lipinski definition) is 4. The minimum atomic E-state index is -2.39. The highest BCUT2D eigenvalue weighted by Crippen LogP contribution is 2.14. The number of halogens is 2. The van der Waals surface area contributed by atoms with E-state index in [1.54, 1.807) is 12.1 Å². The first-order valence-electron chi connectivity index (χ1n) is 5.98. The third-order valence-corrected chi connectivity index (χ3v) is 2.34. The Kier molecular flexibility index (Phi) is 6.66. The number of carbonyl (C=O) groups is 1. The van der Waals surface area contributed by atoms with E-state index in [-0.39, 0.29) is 19.6 Å². The molecule has 4 nitrogen and oxygen atoms in total. The molecule has 110 valence electrons. The van der Waals surface area contributed by atoms with E-state index in [4.69, 9.17) is 4.74 Å². The van der Waals surface area contributed by atoms with Crippen molar-refractivity contribution in [3.05, 3.63) is 42.5 Å². The standard InChI is InChI=1S/C14H16F2O4/c1-2-14(18)20-9-11(17)8-19-12-5-3-10(4-6-12)7-13(15)16/h2-6,11,13,17H,1,7-9H2. The predicted octanol–water partition coefficient (Wildman–Crippen LogP) is 1.96. The summed E-state index contributed by atoms with van der Waals surface area (Å²) < 4.78 is 34.2. The van der Waals surface area contributed by atoms with Gasteiger partial charge in [-0.05, 0) is 17.7 Å². The van der Waals surface area contributed by atoms with Gasteiger partial charge in [-0.1, -0.05) is 18.7 Å². The Morgan fingerprint density at radius 2 is 1.95 bits per heavy atom. The summed E-state index contributed by atoms with van der Waals surface area (Å²) in [7, 11) is 0. The molecule has 1 rings (SSSR count). The van der Waals surface area contributed by atoms with E-state index >= 15 is 0 Å². The number of aliphatic hydroxyl groups is 1. The van der Waals surface area contributed by atoms with E-state index in [9.17, 15) is 18.7 Å². The number of hydrogen-bond donors (Lipinski definition) is 1. The van der Waals surface area contributed by atoms with Gasteiger partial charge in [-0.25, -0.2) is 13.6 Å². The summed E-state index contributed by atoms with van der Waals surface area (Å²) >= 11 is 0. The summed E-state index contributed by atoms with van der Waals surface area (Å²) in [5, 5.41) is 9.49. The summed E-state index contributed by atoms with van der Waals surface area (Å²) in [4.78, 5) is 10.8. The molecular weight excluding hydrogens is 270 g/mol. The van der Waals surface area contributed by atoms with E-state index in [2.05, 4.69) is 11.3 Å². The van der Waals surface area contributed by atoms with Crippen LogP contribution in [-0.4, -0.2) is 36.8 Å². The first kappa shape index (κ1) is 16.1. The number of aliphatic hydroxyl groups excluding tert-OH is 1. The van der Waals surface area contributed by atoms with Gasteiger partial charge in [-0.3, -0.25) is 0 Å². The molecule has 1 aromatic carbocycles. The van der Waals surface area contributed by atoms with Crippen LogP contribution in [0.1, 0.15) is 5.56 Å². The first-order valence-corrected chi connectivity index (χ1v) is 5.98. The zero-order valence-electron chi connectivity index (χ0n) is 10.8. The highest BCUT2D eigenvalue weighted by molar-refractivity contribution is 5.81. The zero-order chi connectivity index (χ0) is 15.0. The molecule has 0 radical (unpaired) electrons. The van der Waals surface area contributed by atoms with Gasteiger partial charge in [0.1, 0.15) is 25.1 Å². The summed E-state index contributed by atoms with van der Waals surface area (Å²) in [6.45, 7) is 2.95. The van der Waals surface area contributed by atoms with Gasteiger partial charge in [0.15, 0.2) is 0 Å². The Labute approximate surface area is 115 Å². The molecule has 1 aromatic rings. The molecule has 6 heteroatoms. The molecule has 0 bridgehead atoms. The quantitative estimate of drug-likeness (QED) is 0.586. The second kappa shape index (κ2) is 8.27. The second-order valence-corrected chi connectivity index (χ2v) is 4.04. The van der Waals surface area contributed by atoms with Gasteiger partial charge in [0.2, 0.25) is 6.43 Å². The summed E-state index contributed by atoms with van der Waals surface area (Å²) in [5.41, 5.74) is 0.507. The van der Waals surface area contributed by atoms with Gasteiger partial charge in [0.05, 0.1) is 0 Å².